The molecule has 1 aromatic rings. The van der Waals surface area contributed by atoms with E-state index in [0.717, 1.165) is 6.42 Å². The van der Waals surface area contributed by atoms with Crippen molar-refractivity contribution in [3.8, 4) is 0 Å². The van der Waals surface area contributed by atoms with Crippen LogP contribution in [-0.4, -0.2) is 41.0 Å². The summed E-state index contributed by atoms with van der Waals surface area (Å²) in [5.74, 6) is -1.03. The Bertz CT molecular complexity index is 694. The van der Waals surface area contributed by atoms with Crippen LogP contribution >= 0.6 is 11.6 Å². The lowest BCUT2D eigenvalue weighted by Crippen LogP contribution is -2.37. The van der Waals surface area contributed by atoms with Crippen LogP contribution in [0.25, 0.3) is 0 Å². The lowest BCUT2D eigenvalue weighted by Gasteiger charge is -2.21. The molecule has 3 N–H and O–H groups in total. The zero-order valence-electron chi connectivity index (χ0n) is 14.3. The van der Waals surface area contributed by atoms with Gasteiger partial charge in [-0.15, -0.1) is 0 Å². The van der Waals surface area contributed by atoms with Gasteiger partial charge in [0.25, 0.3) is 0 Å². The molecule has 7 nitrogen and oxygen atoms in total. The maximum atomic E-state index is 12.4. The summed E-state index contributed by atoms with van der Waals surface area (Å²) in [6, 6.07) is 4.41. The van der Waals surface area contributed by atoms with Crippen molar-refractivity contribution in [3.63, 3.8) is 0 Å². The van der Waals surface area contributed by atoms with E-state index in [1.165, 1.54) is 4.90 Å². The third-order valence-corrected chi connectivity index (χ3v) is 4.58. The average Bonchev–Trinajstić information content (AvgIpc) is 2.95. The average molecular weight is 368 g/mol. The molecule has 0 spiro atoms. The van der Waals surface area contributed by atoms with Gasteiger partial charge >= 0.3 is 12.0 Å². The van der Waals surface area contributed by atoms with Gasteiger partial charge in [0.1, 0.15) is 0 Å². The van der Waals surface area contributed by atoms with Crippen LogP contribution in [-0.2, 0) is 9.59 Å². The number of urea groups is 1. The van der Waals surface area contributed by atoms with Crippen molar-refractivity contribution in [1.82, 2.24) is 4.90 Å². The lowest BCUT2D eigenvalue weighted by molar-refractivity contribution is -0.147. The van der Waals surface area contributed by atoms with E-state index in [9.17, 15) is 19.5 Å². The van der Waals surface area contributed by atoms with Gasteiger partial charge in [0.05, 0.1) is 16.1 Å². The number of anilines is 2. The zero-order chi connectivity index (χ0) is 18.6. The molecule has 1 heterocycles. The topological polar surface area (TPSA) is 98.7 Å². The minimum atomic E-state index is -0.933. The Morgan fingerprint density at radius 1 is 1.32 bits per heavy atom. The number of carbonyl (C=O) groups excluding carboxylic acids is 2. The van der Waals surface area contributed by atoms with Crippen molar-refractivity contribution in [1.29, 1.82) is 0 Å². The number of rotatable bonds is 5. The van der Waals surface area contributed by atoms with Crippen molar-refractivity contribution in [3.05, 3.63) is 23.2 Å². The molecule has 25 heavy (non-hydrogen) atoms. The zero-order valence-corrected chi connectivity index (χ0v) is 15.0. The number of nitrogens with zero attached hydrogens (tertiary/aromatic N) is 1. The van der Waals surface area contributed by atoms with E-state index >= 15 is 0 Å². The molecule has 1 fully saturated rings. The molecule has 1 atom stereocenters. The summed E-state index contributed by atoms with van der Waals surface area (Å²) in [6.07, 6.45) is 1.54. The third kappa shape index (κ3) is 4.63. The highest BCUT2D eigenvalue weighted by atomic mass is 35.5. The van der Waals surface area contributed by atoms with Crippen LogP contribution in [0.15, 0.2) is 18.2 Å². The molecule has 0 radical (unpaired) electrons. The smallest absolute Gasteiger partial charge is 0.321 e. The molecule has 3 amide bonds. The Hall–Kier alpha value is -2.28. The molecule has 0 saturated carbocycles. The van der Waals surface area contributed by atoms with Crippen LogP contribution in [0.5, 0.6) is 0 Å². The minimum Gasteiger partial charge on any atom is -0.481 e. The summed E-state index contributed by atoms with van der Waals surface area (Å²) in [4.78, 5) is 36.8. The van der Waals surface area contributed by atoms with Gasteiger partial charge in [-0.1, -0.05) is 18.5 Å². The molecule has 0 aromatic heterocycles. The first kappa shape index (κ1) is 19.1. The lowest BCUT2D eigenvalue weighted by atomic mass is 9.90. The van der Waals surface area contributed by atoms with Gasteiger partial charge < -0.3 is 20.6 Å². The number of carboxylic acid groups (broad SMARTS) is 1. The fourth-order valence-electron chi connectivity index (χ4n) is 2.65. The van der Waals surface area contributed by atoms with E-state index in [-0.39, 0.29) is 12.5 Å². The summed E-state index contributed by atoms with van der Waals surface area (Å²) in [5.41, 5.74) is -0.0308. The number of benzene rings is 1. The van der Waals surface area contributed by atoms with Crippen LogP contribution in [0, 0.1) is 5.41 Å². The molecule has 0 aliphatic carbocycles. The van der Waals surface area contributed by atoms with Crippen molar-refractivity contribution in [2.24, 2.45) is 5.41 Å². The largest absolute Gasteiger partial charge is 0.481 e. The number of carboxylic acids is 1. The van der Waals surface area contributed by atoms with E-state index in [2.05, 4.69) is 10.6 Å². The summed E-state index contributed by atoms with van der Waals surface area (Å²) >= 11 is 6.11. The van der Waals surface area contributed by atoms with Crippen LogP contribution in [0.2, 0.25) is 5.02 Å². The molecule has 1 saturated heterocycles. The van der Waals surface area contributed by atoms with Gasteiger partial charge in [0, 0.05) is 25.2 Å². The van der Waals surface area contributed by atoms with Gasteiger partial charge in [-0.05, 0) is 38.0 Å². The van der Waals surface area contributed by atoms with Gasteiger partial charge in [-0.3, -0.25) is 9.59 Å². The monoisotopic (exact) mass is 367 g/mol. The number of halogens is 1. The predicted molar refractivity (Wildman–Crippen MR) is 95.9 cm³/mol. The van der Waals surface area contributed by atoms with Gasteiger partial charge in [-0.2, -0.15) is 0 Å². The second-order valence-electron chi connectivity index (χ2n) is 6.46. The molecule has 0 bridgehead atoms. The molecule has 2 rings (SSSR count). The molecule has 136 valence electrons. The van der Waals surface area contributed by atoms with E-state index < -0.39 is 17.4 Å². The van der Waals surface area contributed by atoms with Crippen LogP contribution in [0.4, 0.5) is 16.2 Å². The van der Waals surface area contributed by atoms with Crippen molar-refractivity contribution >= 4 is 40.9 Å². The number of hydrogen-bond donors (Lipinski definition) is 3. The number of likely N-dealkylation sites (tertiary alicyclic amines) is 1. The Morgan fingerprint density at radius 3 is 2.64 bits per heavy atom. The summed E-state index contributed by atoms with van der Waals surface area (Å²) in [5, 5.41) is 15.0. The molecular weight excluding hydrogens is 346 g/mol. The Kier molecular flexibility index (Phi) is 5.89. The van der Waals surface area contributed by atoms with Crippen molar-refractivity contribution in [2.45, 2.75) is 33.1 Å². The fourth-order valence-corrected chi connectivity index (χ4v) is 2.82. The summed E-state index contributed by atoms with van der Waals surface area (Å²) in [7, 11) is 0. The minimum absolute atomic E-state index is 0.112. The van der Waals surface area contributed by atoms with Crippen molar-refractivity contribution < 1.29 is 19.5 Å². The predicted octanol–water partition coefficient (Wildman–Crippen LogP) is 3.41. The summed E-state index contributed by atoms with van der Waals surface area (Å²) < 4.78 is 0. The number of nitrogens with one attached hydrogen (secondary N) is 2. The van der Waals surface area contributed by atoms with E-state index in [1.807, 2.05) is 6.92 Å². The Morgan fingerprint density at radius 2 is 2.04 bits per heavy atom. The second kappa shape index (κ2) is 7.74. The van der Waals surface area contributed by atoms with E-state index in [0.29, 0.717) is 35.8 Å². The Balaban J connectivity index is 2.05. The SMILES string of the molecule is CCCC(=O)Nc1ccc(Cl)c(NC(=O)N2CCC(C)(C(=O)O)C2)c1. The highest BCUT2D eigenvalue weighted by molar-refractivity contribution is 6.33. The van der Waals surface area contributed by atoms with Crippen LogP contribution in [0.3, 0.4) is 0 Å². The van der Waals surface area contributed by atoms with Crippen LogP contribution < -0.4 is 10.6 Å². The van der Waals surface area contributed by atoms with Gasteiger partial charge in [0.15, 0.2) is 0 Å². The normalized spacial score (nSPS) is 19.6. The molecular formula is C17H22ClN3O4. The molecule has 1 unspecified atom stereocenters. The maximum Gasteiger partial charge on any atom is 0.321 e. The second-order valence-corrected chi connectivity index (χ2v) is 6.87. The number of carbonyl (C=O) groups is 3. The summed E-state index contributed by atoms with van der Waals surface area (Å²) in [6.45, 7) is 4.03. The Labute approximate surface area is 151 Å². The van der Waals surface area contributed by atoms with Gasteiger partial charge in [-0.25, -0.2) is 4.79 Å². The third-order valence-electron chi connectivity index (χ3n) is 4.25. The number of amides is 3. The highest BCUT2D eigenvalue weighted by Gasteiger charge is 2.42. The molecule has 1 aliphatic heterocycles. The number of hydrogen-bond acceptors (Lipinski definition) is 3. The standard InChI is InChI=1S/C17H22ClN3O4/c1-3-4-14(22)19-11-5-6-12(18)13(9-11)20-16(25)21-8-7-17(2,10-21)15(23)24/h5-6,9H,3-4,7-8,10H2,1-2H3,(H,19,22)(H,20,25)(H,23,24). The maximum absolute atomic E-state index is 12.4. The quantitative estimate of drug-likeness (QED) is 0.742. The highest BCUT2D eigenvalue weighted by Crippen LogP contribution is 2.31. The van der Waals surface area contributed by atoms with E-state index in [1.54, 1.807) is 25.1 Å². The first-order valence-corrected chi connectivity index (χ1v) is 8.51. The number of aliphatic carboxylic acids is 1. The van der Waals surface area contributed by atoms with Crippen LogP contribution in [0.1, 0.15) is 33.1 Å². The molecule has 8 heteroatoms. The van der Waals surface area contributed by atoms with Gasteiger partial charge in [0.2, 0.25) is 5.91 Å². The molecule has 1 aromatic carbocycles. The molecule has 1 aliphatic rings. The van der Waals surface area contributed by atoms with E-state index in [4.69, 9.17) is 11.6 Å². The van der Waals surface area contributed by atoms with Crippen molar-refractivity contribution in [2.75, 3.05) is 23.7 Å². The first-order valence-electron chi connectivity index (χ1n) is 8.14. The first-order chi connectivity index (χ1) is 11.7. The fraction of sp³-hybridized carbons (Fsp3) is 0.471.